The van der Waals surface area contributed by atoms with E-state index in [0.717, 1.165) is 12.8 Å². The van der Waals surface area contributed by atoms with Crippen molar-refractivity contribution in [1.29, 1.82) is 5.26 Å². The first kappa shape index (κ1) is 9.02. The van der Waals surface area contributed by atoms with E-state index in [1.165, 1.54) is 0 Å². The van der Waals surface area contributed by atoms with Crippen molar-refractivity contribution in [2.75, 3.05) is 0 Å². The van der Waals surface area contributed by atoms with Crippen molar-refractivity contribution >= 4 is 0 Å². The lowest BCUT2D eigenvalue weighted by Crippen LogP contribution is -2.25. The lowest BCUT2D eigenvalue weighted by molar-refractivity contribution is 0.511. The molecule has 2 unspecified atom stereocenters. The molecule has 0 saturated heterocycles. The third-order valence-electron chi connectivity index (χ3n) is 2.51. The Morgan fingerprint density at radius 1 is 1.50 bits per heavy atom. The highest BCUT2D eigenvalue weighted by atomic mass is 14.7. The molecule has 0 radical (unpaired) electrons. The maximum Gasteiger partial charge on any atom is 0.0908 e. The molecule has 0 aromatic rings. The average molecular weight is 162 g/mol. The monoisotopic (exact) mass is 162 g/mol. The fraction of sp³-hybridized carbons (Fsp3) is 0.500. The Labute approximate surface area is 73.4 Å². The Morgan fingerprint density at radius 2 is 2.25 bits per heavy atom. The third-order valence-corrected chi connectivity index (χ3v) is 2.51. The molecule has 0 spiro atoms. The second-order valence-corrected chi connectivity index (χ2v) is 3.21. The molecule has 0 aromatic carbocycles. The third kappa shape index (κ3) is 1.75. The number of hydrogen-bond donors (Lipinski definition) is 1. The van der Waals surface area contributed by atoms with Gasteiger partial charge in [-0.05, 0) is 24.7 Å². The highest BCUT2D eigenvalue weighted by Crippen LogP contribution is 2.32. The molecule has 3 atom stereocenters. The molecule has 0 heterocycles. The largest absolute Gasteiger partial charge is 0.327 e. The Hall–Kier alpha value is -1.07. The first-order chi connectivity index (χ1) is 5.79. The van der Waals surface area contributed by atoms with E-state index < -0.39 is 0 Å². The zero-order valence-corrected chi connectivity index (χ0v) is 7.11. The minimum Gasteiger partial charge on any atom is -0.327 e. The van der Waals surface area contributed by atoms with Gasteiger partial charge in [0.1, 0.15) is 0 Å². The molecule has 0 amide bonds. The van der Waals surface area contributed by atoms with Crippen molar-refractivity contribution in [2.24, 2.45) is 17.6 Å². The Kier molecular flexibility index (Phi) is 3.07. The Bertz CT molecular complexity index is 224. The minimum atomic E-state index is 0.232. The van der Waals surface area contributed by atoms with Gasteiger partial charge >= 0.3 is 0 Å². The summed E-state index contributed by atoms with van der Waals surface area (Å²) < 4.78 is 0. The normalized spacial score (nSPS) is 35.2. The van der Waals surface area contributed by atoms with Gasteiger partial charge in [0.2, 0.25) is 0 Å². The number of nitrogens with zero attached hydrogens (tertiary/aromatic N) is 1. The summed E-state index contributed by atoms with van der Waals surface area (Å²) in [6.07, 6.45) is 7.51. The van der Waals surface area contributed by atoms with Crippen molar-refractivity contribution in [1.82, 2.24) is 0 Å². The predicted octanol–water partition coefficient (Wildman–Crippen LogP) is 1.61. The van der Waals surface area contributed by atoms with E-state index in [4.69, 9.17) is 11.0 Å². The predicted molar refractivity (Wildman–Crippen MR) is 49.1 cm³/mol. The first-order valence-electron chi connectivity index (χ1n) is 4.24. The lowest BCUT2D eigenvalue weighted by atomic mass is 9.94. The summed E-state index contributed by atoms with van der Waals surface area (Å²) in [5, 5.41) is 8.36. The standard InChI is InChI=1S/C10H14N2/c1-2-9-8(4-3-7-11)5-6-10(9)12/h2-4,8-10H,1,5-6,12H2/b4-3+/t8?,9?,10-/m0/s1. The maximum atomic E-state index is 8.36. The van der Waals surface area contributed by atoms with Gasteiger partial charge < -0.3 is 5.73 Å². The van der Waals surface area contributed by atoms with Crippen LogP contribution in [0, 0.1) is 23.2 Å². The summed E-state index contributed by atoms with van der Waals surface area (Å²) in [5.41, 5.74) is 5.86. The summed E-state index contributed by atoms with van der Waals surface area (Å²) in [4.78, 5) is 0. The van der Waals surface area contributed by atoms with Crippen molar-refractivity contribution in [2.45, 2.75) is 18.9 Å². The summed E-state index contributed by atoms with van der Waals surface area (Å²) in [6, 6.07) is 2.23. The highest BCUT2D eigenvalue weighted by molar-refractivity contribution is 5.10. The van der Waals surface area contributed by atoms with Crippen LogP contribution in [0.5, 0.6) is 0 Å². The van der Waals surface area contributed by atoms with Gasteiger partial charge in [-0.1, -0.05) is 12.2 Å². The molecule has 0 aliphatic heterocycles. The van der Waals surface area contributed by atoms with Crippen LogP contribution in [0.2, 0.25) is 0 Å². The Morgan fingerprint density at radius 3 is 2.83 bits per heavy atom. The lowest BCUT2D eigenvalue weighted by Gasteiger charge is -2.14. The van der Waals surface area contributed by atoms with Crippen LogP contribution in [-0.4, -0.2) is 6.04 Å². The van der Waals surface area contributed by atoms with Crippen LogP contribution in [-0.2, 0) is 0 Å². The van der Waals surface area contributed by atoms with Crippen molar-refractivity contribution < 1.29 is 0 Å². The molecule has 12 heavy (non-hydrogen) atoms. The molecular weight excluding hydrogens is 148 g/mol. The maximum absolute atomic E-state index is 8.36. The van der Waals surface area contributed by atoms with Crippen LogP contribution < -0.4 is 5.73 Å². The minimum absolute atomic E-state index is 0.232. The van der Waals surface area contributed by atoms with Crippen LogP contribution in [0.4, 0.5) is 0 Å². The zero-order valence-electron chi connectivity index (χ0n) is 7.11. The smallest absolute Gasteiger partial charge is 0.0908 e. The van der Waals surface area contributed by atoms with Crippen LogP contribution in [0.25, 0.3) is 0 Å². The first-order valence-corrected chi connectivity index (χ1v) is 4.24. The number of allylic oxidation sites excluding steroid dienone is 2. The number of rotatable bonds is 2. The average Bonchev–Trinajstić information content (AvgIpc) is 2.43. The number of hydrogen-bond acceptors (Lipinski definition) is 2. The van der Waals surface area contributed by atoms with Gasteiger partial charge in [0.25, 0.3) is 0 Å². The Balaban J connectivity index is 2.61. The van der Waals surface area contributed by atoms with Gasteiger partial charge in [-0.25, -0.2) is 0 Å². The molecule has 1 fully saturated rings. The summed E-state index contributed by atoms with van der Waals surface area (Å²) in [7, 11) is 0. The molecule has 2 N–H and O–H groups in total. The molecule has 1 rings (SSSR count). The quantitative estimate of drug-likeness (QED) is 0.495. The van der Waals surface area contributed by atoms with Crippen LogP contribution in [0.3, 0.4) is 0 Å². The van der Waals surface area contributed by atoms with E-state index in [1.54, 1.807) is 6.08 Å². The summed E-state index contributed by atoms with van der Waals surface area (Å²) >= 11 is 0. The van der Waals surface area contributed by atoms with E-state index >= 15 is 0 Å². The zero-order chi connectivity index (χ0) is 8.97. The molecular formula is C10H14N2. The van der Waals surface area contributed by atoms with Crippen LogP contribution in [0.1, 0.15) is 12.8 Å². The van der Waals surface area contributed by atoms with Gasteiger partial charge in [0.05, 0.1) is 6.07 Å². The molecule has 1 aliphatic carbocycles. The van der Waals surface area contributed by atoms with Crippen LogP contribution in [0.15, 0.2) is 24.8 Å². The van der Waals surface area contributed by atoms with E-state index in [1.807, 2.05) is 18.2 Å². The van der Waals surface area contributed by atoms with Gasteiger partial charge in [0.15, 0.2) is 0 Å². The molecule has 0 bridgehead atoms. The molecule has 1 saturated carbocycles. The second-order valence-electron chi connectivity index (χ2n) is 3.21. The molecule has 2 nitrogen and oxygen atoms in total. The van der Waals surface area contributed by atoms with E-state index in [0.29, 0.717) is 11.8 Å². The SMILES string of the molecule is C=CC1C(/C=C/C#N)CC[C@@H]1N. The summed E-state index contributed by atoms with van der Waals surface area (Å²) in [6.45, 7) is 3.75. The van der Waals surface area contributed by atoms with Crippen LogP contribution >= 0.6 is 0 Å². The molecule has 0 aromatic heterocycles. The highest BCUT2D eigenvalue weighted by Gasteiger charge is 2.29. The molecule has 1 aliphatic rings. The second kappa shape index (κ2) is 4.08. The fourth-order valence-corrected chi connectivity index (χ4v) is 1.83. The van der Waals surface area contributed by atoms with Crippen molar-refractivity contribution in [3.8, 4) is 6.07 Å². The summed E-state index contributed by atoms with van der Waals surface area (Å²) in [5.74, 6) is 0.784. The van der Waals surface area contributed by atoms with Gasteiger partial charge in [-0.2, -0.15) is 5.26 Å². The topological polar surface area (TPSA) is 49.8 Å². The van der Waals surface area contributed by atoms with Gasteiger partial charge in [-0.15, -0.1) is 6.58 Å². The van der Waals surface area contributed by atoms with E-state index in [-0.39, 0.29) is 6.04 Å². The van der Waals surface area contributed by atoms with Gasteiger partial charge in [-0.3, -0.25) is 0 Å². The van der Waals surface area contributed by atoms with Crippen molar-refractivity contribution in [3.63, 3.8) is 0 Å². The molecule has 64 valence electrons. The van der Waals surface area contributed by atoms with Crippen molar-refractivity contribution in [3.05, 3.63) is 24.8 Å². The fourth-order valence-electron chi connectivity index (χ4n) is 1.83. The molecule has 2 heteroatoms. The van der Waals surface area contributed by atoms with Gasteiger partial charge in [0, 0.05) is 12.1 Å². The number of nitrogens with two attached hydrogens (primary N) is 1. The van der Waals surface area contributed by atoms with E-state index in [9.17, 15) is 0 Å². The number of nitriles is 1. The van der Waals surface area contributed by atoms with E-state index in [2.05, 4.69) is 6.58 Å².